The maximum absolute atomic E-state index is 2.41. The zero-order valence-electron chi connectivity index (χ0n) is 11.8. The van der Waals surface area contributed by atoms with Crippen LogP contribution < -0.4 is 0 Å². The van der Waals surface area contributed by atoms with E-state index >= 15 is 0 Å². The van der Waals surface area contributed by atoms with Gasteiger partial charge >= 0.3 is 0 Å². The largest absolute Gasteiger partial charge is 0.0757 e. The second kappa shape index (κ2) is 4.49. The van der Waals surface area contributed by atoms with Gasteiger partial charge in [-0.25, -0.2) is 0 Å². The van der Waals surface area contributed by atoms with Crippen LogP contribution in [0.1, 0.15) is 29.2 Å². The molecule has 98 valence electrons. The van der Waals surface area contributed by atoms with E-state index in [0.717, 1.165) is 12.8 Å². The summed E-state index contributed by atoms with van der Waals surface area (Å²) in [4.78, 5) is 0. The molecule has 0 spiro atoms. The quantitative estimate of drug-likeness (QED) is 0.718. The second-order valence-corrected chi connectivity index (χ2v) is 5.76. The Bertz CT molecular complexity index is 668. The minimum Gasteiger partial charge on any atom is -0.0757 e. The predicted molar refractivity (Wildman–Crippen MR) is 85.4 cm³/mol. The van der Waals surface area contributed by atoms with Gasteiger partial charge in [0.2, 0.25) is 0 Å². The van der Waals surface area contributed by atoms with Gasteiger partial charge in [-0.15, -0.1) is 0 Å². The molecule has 0 aliphatic heterocycles. The van der Waals surface area contributed by atoms with Crippen molar-refractivity contribution in [1.29, 1.82) is 0 Å². The molecule has 0 bridgehead atoms. The molecule has 0 fully saturated rings. The molecule has 0 radical (unpaired) electrons. The second-order valence-electron chi connectivity index (χ2n) is 5.76. The van der Waals surface area contributed by atoms with Crippen molar-refractivity contribution < 1.29 is 0 Å². The Morgan fingerprint density at radius 3 is 1.65 bits per heavy atom. The van der Waals surface area contributed by atoms with E-state index in [0.29, 0.717) is 5.92 Å². The van der Waals surface area contributed by atoms with E-state index in [1.807, 2.05) is 0 Å². The lowest BCUT2D eigenvalue weighted by Crippen LogP contribution is -2.00. The highest BCUT2D eigenvalue weighted by molar-refractivity contribution is 5.87. The summed E-state index contributed by atoms with van der Waals surface area (Å²) in [6.45, 7) is 2.35. The summed E-state index contributed by atoms with van der Waals surface area (Å²) in [6, 6.07) is 17.6. The number of fused-ring (bicyclic) bond motifs is 2. The fourth-order valence-electron chi connectivity index (χ4n) is 3.61. The Morgan fingerprint density at radius 1 is 0.700 bits per heavy atom. The zero-order valence-corrected chi connectivity index (χ0v) is 11.8. The van der Waals surface area contributed by atoms with Gasteiger partial charge in [-0.3, -0.25) is 0 Å². The fraction of sp³-hybridized carbons (Fsp3) is 0.200. The van der Waals surface area contributed by atoms with E-state index in [9.17, 15) is 0 Å². The molecule has 4 rings (SSSR count). The van der Waals surface area contributed by atoms with Crippen molar-refractivity contribution >= 4 is 11.1 Å². The smallest absolute Gasteiger partial charge is 0.00669 e. The lowest BCUT2D eigenvalue weighted by atomic mass is 9.86. The molecule has 0 heterocycles. The van der Waals surface area contributed by atoms with Crippen molar-refractivity contribution in [1.82, 2.24) is 0 Å². The summed E-state index contributed by atoms with van der Waals surface area (Å²) in [5, 5.41) is 0. The fourth-order valence-corrected chi connectivity index (χ4v) is 3.61. The molecule has 0 aromatic heterocycles. The van der Waals surface area contributed by atoms with Gasteiger partial charge in [0.15, 0.2) is 0 Å². The van der Waals surface area contributed by atoms with Gasteiger partial charge in [-0.05, 0) is 46.2 Å². The summed E-state index contributed by atoms with van der Waals surface area (Å²) in [7, 11) is 0. The number of benzene rings is 2. The molecule has 2 aliphatic rings. The molecule has 2 aliphatic carbocycles. The van der Waals surface area contributed by atoms with E-state index in [4.69, 9.17) is 0 Å². The van der Waals surface area contributed by atoms with E-state index in [1.54, 1.807) is 0 Å². The average Bonchev–Trinajstić information content (AvgIpc) is 3.11. The third-order valence-electron chi connectivity index (χ3n) is 4.67. The standard InChI is InChI=1S/C20H18/c1-14(17-12-10-15-6-2-4-8-19(15)17)18-13-11-16-7-3-5-9-20(16)18/h2-9,12-14H,10-11H2,1H3. The molecule has 0 nitrogen and oxygen atoms in total. The summed E-state index contributed by atoms with van der Waals surface area (Å²) in [5.41, 5.74) is 8.85. The highest BCUT2D eigenvalue weighted by Gasteiger charge is 2.25. The summed E-state index contributed by atoms with van der Waals surface area (Å²) < 4.78 is 0. The number of rotatable bonds is 2. The van der Waals surface area contributed by atoms with Crippen molar-refractivity contribution in [2.75, 3.05) is 0 Å². The van der Waals surface area contributed by atoms with Gasteiger partial charge in [0, 0.05) is 5.92 Å². The van der Waals surface area contributed by atoms with Crippen molar-refractivity contribution in [3.05, 3.63) is 82.9 Å². The van der Waals surface area contributed by atoms with Gasteiger partial charge < -0.3 is 0 Å². The molecule has 0 heteroatoms. The SMILES string of the molecule is CC(C1=CCc2ccccc21)C1=CCc2ccccc21. The third kappa shape index (κ3) is 1.68. The van der Waals surface area contributed by atoms with Crippen molar-refractivity contribution in [2.45, 2.75) is 19.8 Å². The van der Waals surface area contributed by atoms with Crippen LogP contribution in [0.3, 0.4) is 0 Å². The van der Waals surface area contributed by atoms with E-state index in [2.05, 4.69) is 67.6 Å². The highest BCUT2D eigenvalue weighted by atomic mass is 14.3. The Hall–Kier alpha value is -2.08. The normalized spacial score (nSPS) is 15.9. The molecule has 0 saturated heterocycles. The molecule has 0 atom stereocenters. The maximum atomic E-state index is 2.41. The van der Waals surface area contributed by atoms with Gasteiger partial charge in [-0.2, -0.15) is 0 Å². The van der Waals surface area contributed by atoms with Crippen molar-refractivity contribution in [2.24, 2.45) is 5.92 Å². The highest BCUT2D eigenvalue weighted by Crippen LogP contribution is 2.42. The molecule has 0 unspecified atom stereocenters. The third-order valence-corrected chi connectivity index (χ3v) is 4.67. The average molecular weight is 258 g/mol. The summed E-state index contributed by atoms with van der Waals surface area (Å²) >= 11 is 0. The number of hydrogen-bond acceptors (Lipinski definition) is 0. The van der Waals surface area contributed by atoms with Crippen molar-refractivity contribution in [3.8, 4) is 0 Å². The van der Waals surface area contributed by atoms with Crippen LogP contribution in [0.5, 0.6) is 0 Å². The van der Waals surface area contributed by atoms with Crippen LogP contribution in [0.15, 0.2) is 60.7 Å². The minimum atomic E-state index is 0.488. The van der Waals surface area contributed by atoms with E-state index in [-0.39, 0.29) is 0 Å². The molecule has 20 heavy (non-hydrogen) atoms. The van der Waals surface area contributed by atoms with Crippen LogP contribution in [-0.4, -0.2) is 0 Å². The predicted octanol–water partition coefficient (Wildman–Crippen LogP) is 4.90. The molecule has 2 aromatic carbocycles. The van der Waals surface area contributed by atoms with Crippen molar-refractivity contribution in [3.63, 3.8) is 0 Å². The lowest BCUT2D eigenvalue weighted by Gasteiger charge is -2.17. The Kier molecular flexibility index (Phi) is 2.63. The van der Waals surface area contributed by atoms with E-state index < -0.39 is 0 Å². The lowest BCUT2D eigenvalue weighted by molar-refractivity contribution is 0.993. The van der Waals surface area contributed by atoms with Gasteiger partial charge in [0.25, 0.3) is 0 Å². The number of allylic oxidation sites excluding steroid dienone is 4. The van der Waals surface area contributed by atoms with Crippen LogP contribution in [0.25, 0.3) is 11.1 Å². The monoisotopic (exact) mass is 258 g/mol. The summed E-state index contributed by atoms with van der Waals surface area (Å²) in [5.74, 6) is 0.488. The molecular formula is C20H18. The Labute approximate surface area is 120 Å². The van der Waals surface area contributed by atoms with Crippen LogP contribution in [0.4, 0.5) is 0 Å². The first-order chi connectivity index (χ1) is 9.84. The van der Waals surface area contributed by atoms with Crippen LogP contribution >= 0.6 is 0 Å². The Morgan fingerprint density at radius 2 is 1.15 bits per heavy atom. The van der Waals surface area contributed by atoms with Gasteiger partial charge in [-0.1, -0.05) is 67.6 Å². The first-order valence-corrected chi connectivity index (χ1v) is 7.41. The first-order valence-electron chi connectivity index (χ1n) is 7.41. The van der Waals surface area contributed by atoms with Crippen LogP contribution in [0, 0.1) is 5.92 Å². The van der Waals surface area contributed by atoms with Gasteiger partial charge in [0.1, 0.15) is 0 Å². The Balaban J connectivity index is 1.72. The number of hydrogen-bond donors (Lipinski definition) is 0. The molecule has 0 amide bonds. The minimum absolute atomic E-state index is 0.488. The van der Waals surface area contributed by atoms with E-state index in [1.165, 1.54) is 33.4 Å². The first kappa shape index (κ1) is 11.7. The van der Waals surface area contributed by atoms with Gasteiger partial charge in [0.05, 0.1) is 0 Å². The van der Waals surface area contributed by atoms with Crippen LogP contribution in [-0.2, 0) is 12.8 Å². The molecule has 2 aromatic rings. The van der Waals surface area contributed by atoms with Crippen LogP contribution in [0.2, 0.25) is 0 Å². The molecular weight excluding hydrogens is 240 g/mol. The molecule has 0 N–H and O–H groups in total. The zero-order chi connectivity index (χ0) is 13.5. The topological polar surface area (TPSA) is 0 Å². The molecule has 0 saturated carbocycles. The summed E-state index contributed by atoms with van der Waals surface area (Å²) in [6.07, 6.45) is 7.00. The maximum Gasteiger partial charge on any atom is 0.00669 e.